The van der Waals surface area contributed by atoms with E-state index in [0.717, 1.165) is 52.0 Å². The largest absolute Gasteiger partial charge is 0.464 e. The zero-order valence-corrected chi connectivity index (χ0v) is 41.3. The molecule has 5 amide bonds. The first-order valence-electron chi connectivity index (χ1n) is 24.6. The number of likely N-dealkylation sites (N-methyl/N-ethyl adjacent to an activating group) is 1. The molecule has 0 spiro atoms. The Morgan fingerprint density at radius 2 is 1.87 bits per heavy atom. The third kappa shape index (κ3) is 9.82. The summed E-state index contributed by atoms with van der Waals surface area (Å²) in [4.78, 5) is 82.3. The number of benzene rings is 1. The number of hydrazine groups is 1. The zero-order valence-electron chi connectivity index (χ0n) is 41.3. The smallest absolute Gasteiger partial charge is 0.324 e. The van der Waals surface area contributed by atoms with Gasteiger partial charge in [-0.25, -0.2) is 10.2 Å². The molecule has 5 aliphatic rings. The van der Waals surface area contributed by atoms with Gasteiger partial charge in [0.05, 0.1) is 43.3 Å². The highest BCUT2D eigenvalue weighted by molar-refractivity contribution is 5.95. The normalized spacial score (nSPS) is 24.8. The molecule has 366 valence electrons. The number of amides is 5. The minimum absolute atomic E-state index is 0.165. The van der Waals surface area contributed by atoms with E-state index in [1.54, 1.807) is 16.8 Å². The van der Waals surface area contributed by atoms with Gasteiger partial charge in [-0.1, -0.05) is 60.3 Å². The van der Waals surface area contributed by atoms with Crippen LogP contribution in [0.5, 0.6) is 0 Å². The third-order valence-corrected chi connectivity index (χ3v) is 14.4. The molecule has 0 saturated carbocycles. The van der Waals surface area contributed by atoms with Crippen LogP contribution in [0.2, 0.25) is 0 Å². The summed E-state index contributed by atoms with van der Waals surface area (Å²) in [6.07, 6.45) is 7.51. The number of morpholine rings is 1. The van der Waals surface area contributed by atoms with Gasteiger partial charge < -0.3 is 34.1 Å². The van der Waals surface area contributed by atoms with Crippen molar-refractivity contribution < 1.29 is 33.4 Å². The summed E-state index contributed by atoms with van der Waals surface area (Å²) in [5.41, 5.74) is 10.5. The van der Waals surface area contributed by atoms with Crippen molar-refractivity contribution in [1.82, 2.24) is 44.9 Å². The second-order valence-electron chi connectivity index (χ2n) is 20.7. The lowest BCUT2D eigenvalue weighted by Gasteiger charge is -2.38. The quantitative estimate of drug-likeness (QED) is 0.227. The number of cyclic esters (lactones) is 1. The average Bonchev–Trinajstić information content (AvgIpc) is 3.90. The number of pyridine rings is 1. The first kappa shape index (κ1) is 48.9. The number of aromatic nitrogens is 2. The number of nitrogens with one attached hydrogen (secondary N) is 2. The van der Waals surface area contributed by atoms with Gasteiger partial charge in [0.25, 0.3) is 5.91 Å². The van der Waals surface area contributed by atoms with Gasteiger partial charge in [0, 0.05) is 80.9 Å². The maximum atomic E-state index is 14.8. The fourth-order valence-electron chi connectivity index (χ4n) is 11.1. The summed E-state index contributed by atoms with van der Waals surface area (Å²) in [6.45, 7) is 22.2. The van der Waals surface area contributed by atoms with Crippen molar-refractivity contribution in [2.24, 2.45) is 11.3 Å². The minimum atomic E-state index is -1.02. The number of aryl methyl sites for hydroxylation is 1. The molecule has 6 bridgehead atoms. The van der Waals surface area contributed by atoms with Crippen molar-refractivity contribution in [1.29, 1.82) is 0 Å². The van der Waals surface area contributed by atoms with Gasteiger partial charge >= 0.3 is 12.0 Å². The number of carbonyl (C=O) groups excluding carboxylic acids is 5. The lowest BCUT2D eigenvalue weighted by Crippen LogP contribution is -2.64. The molecule has 2 aromatic heterocycles. The number of hydrogen-bond acceptors (Lipinski definition) is 10. The van der Waals surface area contributed by atoms with E-state index < -0.39 is 35.4 Å². The standard InChI is InChI=1S/C52H71N9O7/c1-10-44(62)60-23-24-67-43-30-58(29-42(43)60)51(66)56(9)46(33(5)6)48(63)54-40-28-57-21-13-15-35(27-57)34-18-19-41-37(25-34)38(47(59(41)11-2)36-16-12-20-53-45(36)32(3)4)26-52(7,8)31-68-50(65)39-17-14-22-61(55-39)49(40)64/h10,12,15-16,18-20,25,32-33,39-40,42-43,46,55H,1,11,13-14,17,21-24,26-31H2,2-9H3,(H,54,63)/t39-,40-,42+,43-,46-/m0/s1. The molecule has 3 aromatic rings. The molecule has 5 aliphatic heterocycles. The fraction of sp³-hybridized carbons (Fsp3) is 0.577. The maximum Gasteiger partial charge on any atom is 0.324 e. The van der Waals surface area contributed by atoms with E-state index >= 15 is 0 Å². The second-order valence-corrected chi connectivity index (χ2v) is 20.7. The van der Waals surface area contributed by atoms with Crippen LogP contribution in [0.15, 0.2) is 55.3 Å². The Hall–Kier alpha value is -5.58. The van der Waals surface area contributed by atoms with E-state index in [1.165, 1.54) is 21.5 Å². The van der Waals surface area contributed by atoms with Gasteiger partial charge in [-0.3, -0.25) is 34.1 Å². The first-order chi connectivity index (χ1) is 32.5. The summed E-state index contributed by atoms with van der Waals surface area (Å²) in [7, 11) is 1.61. The second kappa shape index (κ2) is 20.2. The van der Waals surface area contributed by atoms with Crippen molar-refractivity contribution in [3.63, 3.8) is 0 Å². The van der Waals surface area contributed by atoms with Crippen LogP contribution in [0.1, 0.15) is 90.5 Å². The lowest BCUT2D eigenvalue weighted by molar-refractivity contribution is -0.155. The Kier molecular flexibility index (Phi) is 14.5. The maximum absolute atomic E-state index is 14.8. The van der Waals surface area contributed by atoms with E-state index in [0.29, 0.717) is 52.0 Å². The molecular weight excluding hydrogens is 863 g/mol. The molecule has 1 aromatic carbocycles. The van der Waals surface area contributed by atoms with Crippen LogP contribution in [-0.2, 0) is 41.6 Å². The Labute approximate surface area is 401 Å². The van der Waals surface area contributed by atoms with E-state index in [-0.39, 0.29) is 68.1 Å². The molecule has 3 saturated heterocycles. The molecule has 3 fully saturated rings. The van der Waals surface area contributed by atoms with Crippen molar-refractivity contribution in [3.05, 3.63) is 72.1 Å². The van der Waals surface area contributed by atoms with E-state index in [9.17, 15) is 24.0 Å². The van der Waals surface area contributed by atoms with E-state index in [1.807, 2.05) is 26.1 Å². The topological polar surface area (TPSA) is 162 Å². The first-order valence-corrected chi connectivity index (χ1v) is 24.6. The highest BCUT2D eigenvalue weighted by Crippen LogP contribution is 2.41. The van der Waals surface area contributed by atoms with Crippen LogP contribution < -0.4 is 10.7 Å². The molecule has 16 nitrogen and oxygen atoms in total. The molecule has 0 radical (unpaired) electrons. The fourth-order valence-corrected chi connectivity index (χ4v) is 11.1. The summed E-state index contributed by atoms with van der Waals surface area (Å²) in [6, 6.07) is 7.49. The highest BCUT2D eigenvalue weighted by Gasteiger charge is 2.46. The summed E-state index contributed by atoms with van der Waals surface area (Å²) in [5, 5.41) is 5.72. The molecule has 1 unspecified atom stereocenters. The molecule has 8 rings (SSSR count). The Morgan fingerprint density at radius 1 is 1.07 bits per heavy atom. The van der Waals surface area contributed by atoms with Crippen molar-refractivity contribution in [3.8, 4) is 11.3 Å². The summed E-state index contributed by atoms with van der Waals surface area (Å²) in [5.74, 6) is -1.59. The molecule has 68 heavy (non-hydrogen) atoms. The number of urea groups is 1. The Bertz CT molecular complexity index is 2460. The Morgan fingerprint density at radius 3 is 2.60 bits per heavy atom. The Balaban J connectivity index is 1.11. The number of likely N-dealkylation sites (tertiary alicyclic amines) is 1. The lowest BCUT2D eigenvalue weighted by atomic mass is 9.83. The highest BCUT2D eigenvalue weighted by atomic mass is 16.5. The number of carbonyl (C=O) groups is 5. The van der Waals surface area contributed by atoms with Gasteiger partial charge in [0.2, 0.25) is 11.8 Å². The van der Waals surface area contributed by atoms with Crippen molar-refractivity contribution in [2.75, 3.05) is 66.1 Å². The molecular formula is C52H71N9O7. The number of nitrogens with zero attached hydrogens (tertiary/aromatic N) is 7. The van der Waals surface area contributed by atoms with E-state index in [2.05, 4.69) is 91.7 Å². The third-order valence-electron chi connectivity index (χ3n) is 14.4. The van der Waals surface area contributed by atoms with Crippen molar-refractivity contribution >= 4 is 46.2 Å². The number of esters is 1. The number of hydrogen-bond donors (Lipinski definition) is 2. The SMILES string of the molecule is C=CC(=O)N1CCO[C@H]2CN(C(=O)N(C)[C@H](C(=O)N[C@H]3CN4CCC=C(C4)c4ccc5c(c4)c(c(-c4cccnc4C(C)C)n5CC)CC(C)(C)COC(=O)[C@@H]4CCCN(N4)C3=O)C(C)C)C[C@H]21. The summed E-state index contributed by atoms with van der Waals surface area (Å²) >= 11 is 0. The van der Waals surface area contributed by atoms with Crippen LogP contribution >= 0.6 is 0 Å². The minimum Gasteiger partial charge on any atom is -0.464 e. The summed E-state index contributed by atoms with van der Waals surface area (Å²) < 4.78 is 14.5. The predicted octanol–water partition coefficient (Wildman–Crippen LogP) is 5.22. The van der Waals surface area contributed by atoms with Gasteiger partial charge in [0.1, 0.15) is 18.1 Å². The molecule has 0 aliphatic carbocycles. The van der Waals surface area contributed by atoms with Gasteiger partial charge in [-0.05, 0) is 91.5 Å². The monoisotopic (exact) mass is 934 g/mol. The molecule has 6 atom stereocenters. The molecule has 2 N–H and O–H groups in total. The van der Waals surface area contributed by atoms with Crippen LogP contribution in [0, 0.1) is 11.3 Å². The van der Waals surface area contributed by atoms with Gasteiger partial charge in [-0.15, -0.1) is 0 Å². The van der Waals surface area contributed by atoms with Crippen LogP contribution in [-0.4, -0.2) is 160 Å². The average molecular weight is 934 g/mol. The number of fused-ring (bicyclic) bond motifs is 7. The van der Waals surface area contributed by atoms with Gasteiger partial charge in [0.15, 0.2) is 0 Å². The van der Waals surface area contributed by atoms with Gasteiger partial charge in [-0.2, -0.15) is 0 Å². The predicted molar refractivity (Wildman–Crippen MR) is 261 cm³/mol. The number of rotatable bonds is 8. The van der Waals surface area contributed by atoms with Crippen molar-refractivity contribution in [2.45, 2.75) is 117 Å². The molecule has 16 heteroatoms. The van der Waals surface area contributed by atoms with E-state index in [4.69, 9.17) is 14.5 Å². The van der Waals surface area contributed by atoms with Crippen LogP contribution in [0.3, 0.4) is 0 Å². The number of ether oxygens (including phenoxy) is 2. The van der Waals surface area contributed by atoms with Crippen LogP contribution in [0.25, 0.3) is 27.7 Å². The van der Waals surface area contributed by atoms with Crippen LogP contribution in [0.4, 0.5) is 4.79 Å². The zero-order chi connectivity index (χ0) is 48.6. The molecule has 7 heterocycles.